The summed E-state index contributed by atoms with van der Waals surface area (Å²) in [7, 11) is 0. The first-order chi connectivity index (χ1) is 13.3. The zero-order valence-electron chi connectivity index (χ0n) is 15.5. The van der Waals surface area contributed by atoms with Crippen LogP contribution in [-0.2, 0) is 6.54 Å². The second kappa shape index (κ2) is 8.08. The third kappa shape index (κ3) is 4.05. The summed E-state index contributed by atoms with van der Waals surface area (Å²) in [6.07, 6.45) is 0. The van der Waals surface area contributed by atoms with Gasteiger partial charge in [-0.25, -0.2) is 4.68 Å². The van der Waals surface area contributed by atoms with Gasteiger partial charge in [0.05, 0.1) is 17.8 Å². The van der Waals surface area contributed by atoms with Gasteiger partial charge in [-0.15, -0.1) is 0 Å². The Morgan fingerprint density at radius 1 is 1.11 bits per heavy atom. The van der Waals surface area contributed by atoms with Crippen LogP contribution in [0.1, 0.15) is 43.5 Å². The summed E-state index contributed by atoms with van der Waals surface area (Å²) < 4.78 is 6.80. The van der Waals surface area contributed by atoms with Crippen LogP contribution in [0.25, 0.3) is 0 Å². The van der Waals surface area contributed by atoms with Gasteiger partial charge in [0.25, 0.3) is 11.8 Å². The Labute approximate surface area is 171 Å². The average molecular weight is 421 g/mol. The molecule has 0 saturated carbocycles. The number of hydrogen-bond acceptors (Lipinski definition) is 4. The first-order valence-electron chi connectivity index (χ1n) is 8.42. The highest BCUT2D eigenvalue weighted by molar-refractivity contribution is 6.33. The van der Waals surface area contributed by atoms with Crippen LogP contribution in [0.4, 0.5) is 0 Å². The molecule has 7 nitrogen and oxygen atoms in total. The fraction of sp³-hybridized carbons (Fsp3) is 0.211. The topological polar surface area (TPSA) is 89.2 Å². The maximum absolute atomic E-state index is 12.5. The van der Waals surface area contributed by atoms with Crippen LogP contribution in [0.15, 0.2) is 34.7 Å². The van der Waals surface area contributed by atoms with E-state index in [9.17, 15) is 9.59 Å². The third-order valence-corrected chi connectivity index (χ3v) is 4.90. The van der Waals surface area contributed by atoms with Gasteiger partial charge in [-0.2, -0.15) is 5.10 Å². The van der Waals surface area contributed by atoms with Crippen molar-refractivity contribution in [3.05, 3.63) is 74.4 Å². The van der Waals surface area contributed by atoms with E-state index < -0.39 is 11.8 Å². The van der Waals surface area contributed by atoms with Gasteiger partial charge in [0.15, 0.2) is 0 Å². The molecule has 2 heterocycles. The molecule has 0 atom stereocenters. The minimum atomic E-state index is -0.570. The highest BCUT2D eigenvalue weighted by atomic mass is 35.5. The molecule has 0 spiro atoms. The lowest BCUT2D eigenvalue weighted by Crippen LogP contribution is -2.42. The van der Waals surface area contributed by atoms with Crippen molar-refractivity contribution in [2.45, 2.75) is 27.3 Å². The molecule has 0 aliphatic rings. The number of hydrogen-bond donors (Lipinski definition) is 2. The van der Waals surface area contributed by atoms with Crippen molar-refractivity contribution in [1.29, 1.82) is 0 Å². The summed E-state index contributed by atoms with van der Waals surface area (Å²) in [6, 6.07) is 8.90. The maximum atomic E-state index is 12.5. The summed E-state index contributed by atoms with van der Waals surface area (Å²) in [5.74, 6) is 0.0128. The van der Waals surface area contributed by atoms with Gasteiger partial charge in [0.1, 0.15) is 22.2 Å². The number of carbonyl (C=O) groups excluding carboxylic acids is 2. The maximum Gasteiger partial charge on any atom is 0.274 e. The molecule has 1 aromatic carbocycles. The van der Waals surface area contributed by atoms with E-state index in [2.05, 4.69) is 16.0 Å². The van der Waals surface area contributed by atoms with Gasteiger partial charge >= 0.3 is 0 Å². The molecule has 0 aliphatic carbocycles. The van der Waals surface area contributed by atoms with Crippen LogP contribution < -0.4 is 10.9 Å². The third-order valence-electron chi connectivity index (χ3n) is 4.15. The number of nitrogens with one attached hydrogen (secondary N) is 2. The molecule has 28 heavy (non-hydrogen) atoms. The first-order valence-corrected chi connectivity index (χ1v) is 9.17. The van der Waals surface area contributed by atoms with Crippen molar-refractivity contribution in [3.8, 4) is 0 Å². The summed E-state index contributed by atoms with van der Waals surface area (Å²) in [5, 5.41) is 5.04. The van der Waals surface area contributed by atoms with Crippen molar-refractivity contribution in [3.63, 3.8) is 0 Å². The van der Waals surface area contributed by atoms with Crippen LogP contribution in [0.5, 0.6) is 0 Å². The largest absolute Gasteiger partial charge is 0.466 e. The van der Waals surface area contributed by atoms with Crippen LogP contribution >= 0.6 is 23.2 Å². The number of aryl methyl sites for hydroxylation is 3. The SMILES string of the molecule is Cc1cc(C(=O)NNC(=O)c2c(C)nn(Cc3ccccc3Cl)c2Cl)c(C)o1. The summed E-state index contributed by atoms with van der Waals surface area (Å²) in [5.41, 5.74) is 6.49. The predicted octanol–water partition coefficient (Wildman–Crippen LogP) is 3.83. The second-order valence-corrected chi connectivity index (χ2v) is 7.00. The zero-order valence-corrected chi connectivity index (χ0v) is 17.0. The number of furan rings is 1. The van der Waals surface area contributed by atoms with Gasteiger partial charge in [0.2, 0.25) is 0 Å². The van der Waals surface area contributed by atoms with Crippen molar-refractivity contribution < 1.29 is 14.0 Å². The lowest BCUT2D eigenvalue weighted by Gasteiger charge is -2.07. The number of aromatic nitrogens is 2. The number of amides is 2. The molecule has 0 saturated heterocycles. The quantitative estimate of drug-likeness (QED) is 0.627. The van der Waals surface area contributed by atoms with E-state index in [1.807, 2.05) is 18.2 Å². The van der Waals surface area contributed by atoms with Crippen molar-refractivity contribution in [2.75, 3.05) is 0 Å². The number of hydrazine groups is 1. The van der Waals surface area contributed by atoms with Gasteiger partial charge in [-0.05, 0) is 38.5 Å². The predicted molar refractivity (Wildman–Crippen MR) is 106 cm³/mol. The molecular weight excluding hydrogens is 403 g/mol. The second-order valence-electron chi connectivity index (χ2n) is 6.24. The van der Waals surface area contributed by atoms with E-state index in [1.165, 1.54) is 4.68 Å². The van der Waals surface area contributed by atoms with Crippen LogP contribution in [0, 0.1) is 20.8 Å². The fourth-order valence-corrected chi connectivity index (χ4v) is 3.32. The summed E-state index contributed by atoms with van der Waals surface area (Å²) in [6.45, 7) is 5.38. The monoisotopic (exact) mass is 420 g/mol. The highest BCUT2D eigenvalue weighted by Crippen LogP contribution is 2.23. The van der Waals surface area contributed by atoms with E-state index in [0.29, 0.717) is 34.3 Å². The van der Waals surface area contributed by atoms with Crippen LogP contribution in [0.3, 0.4) is 0 Å². The minimum absolute atomic E-state index is 0.152. The van der Waals surface area contributed by atoms with Crippen molar-refractivity contribution in [1.82, 2.24) is 20.6 Å². The normalized spacial score (nSPS) is 10.8. The lowest BCUT2D eigenvalue weighted by atomic mass is 10.2. The van der Waals surface area contributed by atoms with Gasteiger partial charge < -0.3 is 4.42 Å². The van der Waals surface area contributed by atoms with E-state index in [0.717, 1.165) is 5.56 Å². The van der Waals surface area contributed by atoms with Gasteiger partial charge in [0, 0.05) is 5.02 Å². The Balaban J connectivity index is 1.73. The molecule has 9 heteroatoms. The Morgan fingerprint density at radius 3 is 2.43 bits per heavy atom. The van der Waals surface area contributed by atoms with Crippen molar-refractivity contribution >= 4 is 35.0 Å². The molecule has 0 unspecified atom stereocenters. The Hall–Kier alpha value is -2.77. The van der Waals surface area contributed by atoms with E-state index >= 15 is 0 Å². The number of nitrogens with zero attached hydrogens (tertiary/aromatic N) is 2. The van der Waals surface area contributed by atoms with E-state index in [4.69, 9.17) is 27.6 Å². The number of rotatable bonds is 4. The number of carbonyl (C=O) groups is 2. The summed E-state index contributed by atoms with van der Waals surface area (Å²) in [4.78, 5) is 24.7. The molecule has 3 rings (SSSR count). The first kappa shape index (κ1) is 20.0. The molecule has 0 bridgehead atoms. The number of halogens is 2. The fourth-order valence-electron chi connectivity index (χ4n) is 2.80. The zero-order chi connectivity index (χ0) is 20.4. The molecule has 2 aromatic heterocycles. The van der Waals surface area contributed by atoms with Crippen LogP contribution in [0.2, 0.25) is 10.2 Å². The standard InChI is InChI=1S/C19H18Cl2N4O3/c1-10-8-14(12(3)28-10)18(26)22-23-19(27)16-11(2)24-25(17(16)21)9-13-6-4-5-7-15(13)20/h4-8H,9H2,1-3H3,(H,22,26)(H,23,27). The molecule has 0 aliphatic heterocycles. The molecular formula is C19H18Cl2N4O3. The molecule has 0 fully saturated rings. The molecule has 3 aromatic rings. The van der Waals surface area contributed by atoms with E-state index in [-0.39, 0.29) is 10.7 Å². The van der Waals surface area contributed by atoms with Gasteiger partial charge in [-0.1, -0.05) is 41.4 Å². The Kier molecular flexibility index (Phi) is 5.76. The molecule has 2 N–H and O–H groups in total. The molecule has 0 radical (unpaired) electrons. The Morgan fingerprint density at radius 2 is 1.79 bits per heavy atom. The van der Waals surface area contributed by atoms with Crippen LogP contribution in [-0.4, -0.2) is 21.6 Å². The number of benzene rings is 1. The molecule has 146 valence electrons. The Bertz CT molecular complexity index is 1060. The summed E-state index contributed by atoms with van der Waals surface area (Å²) >= 11 is 12.5. The smallest absolute Gasteiger partial charge is 0.274 e. The van der Waals surface area contributed by atoms with Gasteiger partial charge in [-0.3, -0.25) is 20.4 Å². The minimum Gasteiger partial charge on any atom is -0.466 e. The molecule has 2 amide bonds. The highest BCUT2D eigenvalue weighted by Gasteiger charge is 2.22. The van der Waals surface area contributed by atoms with Crippen molar-refractivity contribution in [2.24, 2.45) is 0 Å². The van der Waals surface area contributed by atoms with E-state index in [1.54, 1.807) is 32.9 Å². The average Bonchev–Trinajstić information content (AvgIpc) is 3.12. The lowest BCUT2D eigenvalue weighted by molar-refractivity contribution is 0.0845.